The summed E-state index contributed by atoms with van der Waals surface area (Å²) in [6.07, 6.45) is 5.37. The molecule has 1 saturated heterocycles. The van der Waals surface area contributed by atoms with E-state index < -0.39 is 29.2 Å². The van der Waals surface area contributed by atoms with Crippen LogP contribution in [0.25, 0.3) is 16.3 Å². The highest BCUT2D eigenvalue weighted by molar-refractivity contribution is 8.08. The van der Waals surface area contributed by atoms with Gasteiger partial charge < -0.3 is 21.0 Å². The molecule has 5 heterocycles. The molecule has 2 atom stereocenters. The van der Waals surface area contributed by atoms with Crippen LogP contribution in [0.3, 0.4) is 0 Å². The number of nitrogens with two attached hydrogens (primary N) is 1. The van der Waals surface area contributed by atoms with E-state index in [0.717, 1.165) is 26.8 Å². The normalized spacial score (nSPS) is 19.4. The fourth-order valence-electron chi connectivity index (χ4n) is 3.80. The molecule has 0 spiro atoms. The van der Waals surface area contributed by atoms with E-state index >= 15 is 0 Å². The summed E-state index contributed by atoms with van der Waals surface area (Å²) in [4.78, 5) is 53.9. The summed E-state index contributed by atoms with van der Waals surface area (Å²) in [6.45, 7) is 3.47. The minimum atomic E-state index is -1.22. The molecule has 3 aromatic heterocycles. The van der Waals surface area contributed by atoms with Crippen molar-refractivity contribution in [3.05, 3.63) is 45.3 Å². The molecule has 0 saturated carbocycles. The smallest absolute Gasteiger partial charge is 0.353 e. The van der Waals surface area contributed by atoms with Crippen LogP contribution in [0.1, 0.15) is 24.7 Å². The summed E-state index contributed by atoms with van der Waals surface area (Å²) in [5.41, 5.74) is 6.19. The Morgan fingerprint density at radius 2 is 2.20 bits per heavy atom. The number of oxime groups is 1. The number of thiazole rings is 1. The number of aromatic nitrogens is 4. The number of pyridine rings is 1. The molecule has 2 aliphatic heterocycles. The molecule has 3 aromatic rings. The molecule has 0 radical (unpaired) electrons. The molecule has 2 amide bonds. The number of carbonyl (C=O) groups excluding carboxylic acids is 2. The Morgan fingerprint density at radius 3 is 2.90 bits per heavy atom. The average Bonchev–Trinajstić information content (AvgIpc) is 3.51. The Labute approximate surface area is 244 Å². The third kappa shape index (κ3) is 5.67. The predicted molar refractivity (Wildman–Crippen MR) is 154 cm³/mol. The number of β-lactam (4-membered cyclic amide) rings is 1. The van der Waals surface area contributed by atoms with Gasteiger partial charge in [0.15, 0.2) is 17.5 Å². The largest absolute Gasteiger partial charge is 0.477 e. The Bertz CT molecular complexity index is 1600. The molecule has 4 N–H and O–H groups in total. The number of aryl methyl sites for hydroxylation is 1. The third-order valence-electron chi connectivity index (χ3n) is 5.55. The molecule has 0 aromatic carbocycles. The SMILES string of the molecule is CC(C)O/N=C(\C(=O)NC1C(=O)N2C(C(=O)O)=C(S/C=C/c3nc4c[n+](C)ccc4s3)CSC12)c1nsc(N)n1. The van der Waals surface area contributed by atoms with Crippen molar-refractivity contribution < 1.29 is 28.9 Å². The topological polar surface area (TPSA) is 177 Å². The lowest BCUT2D eigenvalue weighted by Gasteiger charge is -2.49. The van der Waals surface area contributed by atoms with Gasteiger partial charge in [-0.3, -0.25) is 14.5 Å². The summed E-state index contributed by atoms with van der Waals surface area (Å²) >= 11 is 5.00. The second-order valence-corrected chi connectivity index (χ2v) is 12.8. The summed E-state index contributed by atoms with van der Waals surface area (Å²) in [5, 5.41) is 18.5. The first-order chi connectivity index (χ1) is 19.1. The standard InChI is InChI=1S/C23H22N8O5S4/c1-10(2)36-28-15(18-27-23(24)40-29-18)19(32)26-16-20(33)31-17(22(34)35)13(9-38-21(16)31)37-7-5-14-25-11-8-30(3)6-4-12(11)39-14/h4-8,10,16,21H,9H2,1-3H3,(H3-,24,26,27,29,32,34,35)/p+1/b7-5+,28-15-. The van der Waals surface area contributed by atoms with Gasteiger partial charge in [0, 0.05) is 28.3 Å². The van der Waals surface area contributed by atoms with Crippen molar-refractivity contribution in [1.29, 1.82) is 0 Å². The highest BCUT2D eigenvalue weighted by Gasteiger charge is 2.54. The molecule has 0 bridgehead atoms. The van der Waals surface area contributed by atoms with Crippen molar-refractivity contribution in [3.8, 4) is 0 Å². The number of nitrogen functional groups attached to an aromatic ring is 1. The number of nitrogens with zero attached hydrogens (tertiary/aromatic N) is 6. The van der Waals surface area contributed by atoms with Crippen LogP contribution in [0.2, 0.25) is 0 Å². The van der Waals surface area contributed by atoms with Gasteiger partial charge in [0.2, 0.25) is 11.5 Å². The maximum absolute atomic E-state index is 13.1. The molecule has 17 heteroatoms. The first-order valence-corrected chi connectivity index (χ1v) is 15.3. The van der Waals surface area contributed by atoms with Crippen LogP contribution < -0.4 is 15.6 Å². The Hall–Kier alpha value is -3.54. The van der Waals surface area contributed by atoms with Crippen LogP contribution in [-0.2, 0) is 26.3 Å². The van der Waals surface area contributed by atoms with E-state index in [1.165, 1.54) is 39.8 Å². The van der Waals surface area contributed by atoms with Gasteiger partial charge in [-0.25, -0.2) is 14.3 Å². The molecule has 1 fully saturated rings. The lowest BCUT2D eigenvalue weighted by atomic mass is 10.0. The van der Waals surface area contributed by atoms with Crippen LogP contribution in [0, 0.1) is 0 Å². The van der Waals surface area contributed by atoms with Crippen molar-refractivity contribution >= 4 is 91.3 Å². The van der Waals surface area contributed by atoms with E-state index in [0.29, 0.717) is 10.7 Å². The number of nitrogens with one attached hydrogen (secondary N) is 1. The highest BCUT2D eigenvalue weighted by atomic mass is 32.2. The van der Waals surface area contributed by atoms with E-state index in [-0.39, 0.29) is 28.5 Å². The number of fused-ring (bicyclic) bond motifs is 2. The number of aliphatic carboxylic acids is 1. The summed E-state index contributed by atoms with van der Waals surface area (Å²) in [5.74, 6) is -2.18. The van der Waals surface area contributed by atoms with Crippen molar-refractivity contribution in [3.63, 3.8) is 0 Å². The summed E-state index contributed by atoms with van der Waals surface area (Å²) < 4.78 is 6.97. The first-order valence-electron chi connectivity index (χ1n) is 11.8. The number of hydrogen-bond donors (Lipinski definition) is 3. The molecular formula is C23H23N8O5S4+. The second-order valence-electron chi connectivity index (χ2n) is 8.82. The number of hydrogen-bond acceptors (Lipinski definition) is 13. The fraction of sp³-hybridized carbons (Fsp3) is 0.304. The monoisotopic (exact) mass is 619 g/mol. The predicted octanol–water partition coefficient (Wildman–Crippen LogP) is 1.78. The maximum Gasteiger partial charge on any atom is 0.353 e. The first kappa shape index (κ1) is 28.0. The number of carboxylic acid groups (broad SMARTS) is 1. The van der Waals surface area contributed by atoms with Crippen LogP contribution in [0.15, 0.2) is 39.6 Å². The van der Waals surface area contributed by atoms with E-state index in [9.17, 15) is 19.5 Å². The maximum atomic E-state index is 13.1. The van der Waals surface area contributed by atoms with E-state index in [1.54, 1.807) is 19.3 Å². The number of rotatable bonds is 9. The van der Waals surface area contributed by atoms with Gasteiger partial charge in [-0.2, -0.15) is 9.36 Å². The van der Waals surface area contributed by atoms with Crippen molar-refractivity contribution in [2.45, 2.75) is 31.4 Å². The number of anilines is 1. The van der Waals surface area contributed by atoms with E-state index in [4.69, 9.17) is 10.6 Å². The molecule has 208 valence electrons. The van der Waals surface area contributed by atoms with E-state index in [1.807, 2.05) is 36.2 Å². The van der Waals surface area contributed by atoms with Gasteiger partial charge >= 0.3 is 5.97 Å². The van der Waals surface area contributed by atoms with Crippen molar-refractivity contribution in [1.82, 2.24) is 24.6 Å². The van der Waals surface area contributed by atoms with Gasteiger partial charge in [0.25, 0.3) is 11.8 Å². The van der Waals surface area contributed by atoms with Gasteiger partial charge in [0.1, 0.15) is 40.8 Å². The van der Waals surface area contributed by atoms with Crippen LogP contribution >= 0.6 is 46.4 Å². The second kappa shape index (κ2) is 11.5. The zero-order chi connectivity index (χ0) is 28.6. The zero-order valence-corrected chi connectivity index (χ0v) is 24.6. The van der Waals surface area contributed by atoms with E-state index in [2.05, 4.69) is 24.8 Å². The number of thioether (sulfide) groups is 2. The van der Waals surface area contributed by atoms with Crippen molar-refractivity contribution in [2.24, 2.45) is 12.2 Å². The summed E-state index contributed by atoms with van der Waals surface area (Å²) in [7, 11) is 1.92. The van der Waals surface area contributed by atoms with Gasteiger partial charge in [0.05, 0.1) is 4.70 Å². The highest BCUT2D eigenvalue weighted by Crippen LogP contribution is 2.43. The molecular weight excluding hydrogens is 597 g/mol. The number of amides is 2. The lowest BCUT2D eigenvalue weighted by Crippen LogP contribution is -2.71. The molecule has 2 aliphatic rings. The van der Waals surface area contributed by atoms with Crippen LogP contribution in [0.5, 0.6) is 0 Å². The molecule has 13 nitrogen and oxygen atoms in total. The fourth-order valence-corrected chi connectivity index (χ4v) is 7.49. The van der Waals surface area contributed by atoms with Crippen LogP contribution in [-0.4, -0.2) is 71.1 Å². The minimum absolute atomic E-state index is 0.0285. The molecule has 2 unspecified atom stereocenters. The van der Waals surface area contributed by atoms with Crippen LogP contribution in [0.4, 0.5) is 5.13 Å². The van der Waals surface area contributed by atoms with Crippen molar-refractivity contribution in [2.75, 3.05) is 11.5 Å². The number of carboxylic acids is 1. The molecule has 40 heavy (non-hydrogen) atoms. The third-order valence-corrected chi connectivity index (χ3v) is 9.45. The zero-order valence-electron chi connectivity index (χ0n) is 21.3. The minimum Gasteiger partial charge on any atom is -0.477 e. The van der Waals surface area contributed by atoms with Gasteiger partial charge in [-0.15, -0.1) is 23.1 Å². The molecule has 0 aliphatic carbocycles. The Balaban J connectivity index is 1.30. The number of carbonyl (C=O) groups is 3. The molecule has 5 rings (SSSR count). The summed E-state index contributed by atoms with van der Waals surface area (Å²) in [6, 6.07) is 1.03. The lowest BCUT2D eigenvalue weighted by molar-refractivity contribution is -0.670. The Morgan fingerprint density at radius 1 is 1.40 bits per heavy atom. The Kier molecular flexibility index (Phi) is 8.07. The van der Waals surface area contributed by atoms with Gasteiger partial charge in [-0.05, 0) is 25.3 Å². The quantitative estimate of drug-likeness (QED) is 0.138. The van der Waals surface area contributed by atoms with Gasteiger partial charge in [-0.1, -0.05) is 16.9 Å². The average molecular weight is 620 g/mol.